The average Bonchev–Trinajstić information content (AvgIpc) is 3.13. The summed E-state index contributed by atoms with van der Waals surface area (Å²) in [5.41, 5.74) is 1.55. The Balaban J connectivity index is 1.55. The highest BCUT2D eigenvalue weighted by atomic mass is 19.4. The Labute approximate surface area is 190 Å². The van der Waals surface area contributed by atoms with E-state index in [-0.39, 0.29) is 31.8 Å². The van der Waals surface area contributed by atoms with Gasteiger partial charge >= 0.3 is 6.18 Å². The maximum atomic E-state index is 13.4. The van der Waals surface area contributed by atoms with Gasteiger partial charge in [-0.3, -0.25) is 4.90 Å². The molecule has 0 aliphatic carbocycles. The van der Waals surface area contributed by atoms with Crippen molar-refractivity contribution >= 4 is 11.0 Å². The molecule has 7 nitrogen and oxygen atoms in total. The minimum absolute atomic E-state index is 0.0285. The van der Waals surface area contributed by atoms with E-state index in [0.29, 0.717) is 31.0 Å². The molecule has 1 unspecified atom stereocenters. The van der Waals surface area contributed by atoms with Crippen LogP contribution in [-0.4, -0.2) is 70.8 Å². The lowest BCUT2D eigenvalue weighted by atomic mass is 10.2. The lowest BCUT2D eigenvalue weighted by Crippen LogP contribution is -2.32. The quantitative estimate of drug-likeness (QED) is 0.399. The summed E-state index contributed by atoms with van der Waals surface area (Å²) in [6, 6.07) is 13.8. The molecule has 10 heteroatoms. The van der Waals surface area contributed by atoms with E-state index in [0.717, 1.165) is 10.1 Å². The van der Waals surface area contributed by atoms with E-state index in [2.05, 4.69) is 4.98 Å². The minimum atomic E-state index is -4.61. The molecule has 180 valence electrons. The van der Waals surface area contributed by atoms with Crippen LogP contribution in [0, 0.1) is 0 Å². The highest BCUT2D eigenvalue weighted by molar-refractivity contribution is 5.76. The van der Waals surface area contributed by atoms with Crippen LogP contribution in [0.5, 0.6) is 5.75 Å². The standard InChI is InChI=1S/C23H28F3N3O4/c1-28(14-17-6-8-19(9-7-17)33-13-12-32-11-10-30)15-18(31)16-29-21-5-3-2-4-20(21)27-22(29)23(24,25)26/h2-9,18,30-31H,10-16H2,1H3. The second kappa shape index (κ2) is 11.5. The molecule has 3 rings (SSSR count). The zero-order chi connectivity index (χ0) is 23.8. The Morgan fingerprint density at radius 2 is 1.79 bits per heavy atom. The average molecular weight is 467 g/mol. The van der Waals surface area contributed by atoms with Crippen molar-refractivity contribution in [2.24, 2.45) is 0 Å². The molecule has 0 aliphatic rings. The van der Waals surface area contributed by atoms with Crippen molar-refractivity contribution in [3.05, 3.63) is 59.9 Å². The van der Waals surface area contributed by atoms with E-state index in [1.54, 1.807) is 25.2 Å². The third kappa shape index (κ3) is 7.16. The van der Waals surface area contributed by atoms with Crippen molar-refractivity contribution in [1.82, 2.24) is 14.5 Å². The van der Waals surface area contributed by atoms with Crippen molar-refractivity contribution in [1.29, 1.82) is 0 Å². The van der Waals surface area contributed by atoms with Crippen LogP contribution in [0.3, 0.4) is 0 Å². The number of halogens is 3. The van der Waals surface area contributed by atoms with Gasteiger partial charge in [0.15, 0.2) is 0 Å². The largest absolute Gasteiger partial charge is 0.491 e. The monoisotopic (exact) mass is 467 g/mol. The molecule has 3 aromatic rings. The van der Waals surface area contributed by atoms with Gasteiger partial charge in [-0.1, -0.05) is 24.3 Å². The molecule has 0 radical (unpaired) electrons. The number of para-hydroxylation sites is 2. The molecule has 1 atom stereocenters. The molecule has 1 aromatic heterocycles. The summed E-state index contributed by atoms with van der Waals surface area (Å²) in [4.78, 5) is 5.55. The summed E-state index contributed by atoms with van der Waals surface area (Å²) in [7, 11) is 1.79. The number of fused-ring (bicyclic) bond motifs is 1. The van der Waals surface area contributed by atoms with Gasteiger partial charge in [0.05, 0.1) is 43.5 Å². The lowest BCUT2D eigenvalue weighted by molar-refractivity contribution is -0.147. The maximum Gasteiger partial charge on any atom is 0.449 e. The molecule has 2 aromatic carbocycles. The van der Waals surface area contributed by atoms with E-state index >= 15 is 0 Å². The van der Waals surface area contributed by atoms with Crippen molar-refractivity contribution in [3.8, 4) is 5.75 Å². The second-order valence-electron chi connectivity index (χ2n) is 7.71. The first-order valence-electron chi connectivity index (χ1n) is 10.6. The number of benzene rings is 2. The molecule has 33 heavy (non-hydrogen) atoms. The molecule has 2 N–H and O–H groups in total. The molecule has 0 bridgehead atoms. The molecular weight excluding hydrogens is 439 g/mol. The number of aliphatic hydroxyl groups is 2. The molecule has 0 saturated heterocycles. The second-order valence-corrected chi connectivity index (χ2v) is 7.71. The van der Waals surface area contributed by atoms with Gasteiger partial charge in [-0.2, -0.15) is 13.2 Å². The van der Waals surface area contributed by atoms with E-state index < -0.39 is 18.1 Å². The van der Waals surface area contributed by atoms with Gasteiger partial charge in [0.1, 0.15) is 12.4 Å². The van der Waals surface area contributed by atoms with Crippen LogP contribution in [0.25, 0.3) is 11.0 Å². The topological polar surface area (TPSA) is 80.0 Å². The Kier molecular flexibility index (Phi) is 8.67. The van der Waals surface area contributed by atoms with Crippen LogP contribution in [0.15, 0.2) is 48.5 Å². The molecule has 0 saturated carbocycles. The first kappa shape index (κ1) is 25.0. The van der Waals surface area contributed by atoms with Crippen LogP contribution in [0.2, 0.25) is 0 Å². The molecular formula is C23H28F3N3O4. The van der Waals surface area contributed by atoms with E-state index in [9.17, 15) is 18.3 Å². The fourth-order valence-electron chi connectivity index (χ4n) is 3.56. The van der Waals surface area contributed by atoms with Crippen LogP contribution in [0.1, 0.15) is 11.4 Å². The zero-order valence-electron chi connectivity index (χ0n) is 18.3. The van der Waals surface area contributed by atoms with Crippen LogP contribution in [0.4, 0.5) is 13.2 Å². The number of hydrogen-bond acceptors (Lipinski definition) is 6. The normalized spacial score (nSPS) is 13.1. The Morgan fingerprint density at radius 3 is 2.48 bits per heavy atom. The summed E-state index contributed by atoms with van der Waals surface area (Å²) in [6.07, 6.45) is -5.63. The van der Waals surface area contributed by atoms with Gasteiger partial charge < -0.3 is 24.3 Å². The van der Waals surface area contributed by atoms with Crippen molar-refractivity contribution in [2.75, 3.05) is 40.0 Å². The van der Waals surface area contributed by atoms with Crippen LogP contribution < -0.4 is 4.74 Å². The Hall–Kier alpha value is -2.66. The summed E-state index contributed by atoms with van der Waals surface area (Å²) < 4.78 is 52.1. The summed E-state index contributed by atoms with van der Waals surface area (Å²) in [5.74, 6) is -0.330. The van der Waals surface area contributed by atoms with E-state index in [1.807, 2.05) is 29.2 Å². The van der Waals surface area contributed by atoms with Crippen molar-refractivity contribution in [3.63, 3.8) is 0 Å². The van der Waals surface area contributed by atoms with Gasteiger partial charge in [-0.05, 0) is 36.9 Å². The van der Waals surface area contributed by atoms with Gasteiger partial charge in [-0.15, -0.1) is 0 Å². The Bertz CT molecular complexity index is 1010. The molecule has 0 fully saturated rings. The predicted molar refractivity (Wildman–Crippen MR) is 117 cm³/mol. The van der Waals surface area contributed by atoms with Gasteiger partial charge in [0.2, 0.25) is 5.82 Å². The van der Waals surface area contributed by atoms with Crippen molar-refractivity contribution < 1.29 is 32.9 Å². The number of hydrogen-bond donors (Lipinski definition) is 2. The number of likely N-dealkylation sites (N-methyl/N-ethyl adjacent to an activating group) is 1. The van der Waals surface area contributed by atoms with E-state index in [1.165, 1.54) is 6.07 Å². The Morgan fingerprint density at radius 1 is 1.06 bits per heavy atom. The van der Waals surface area contributed by atoms with Crippen LogP contribution >= 0.6 is 0 Å². The van der Waals surface area contributed by atoms with Gasteiger partial charge in [0, 0.05) is 13.1 Å². The first-order chi connectivity index (χ1) is 15.8. The van der Waals surface area contributed by atoms with E-state index in [4.69, 9.17) is 14.6 Å². The molecule has 0 spiro atoms. The summed E-state index contributed by atoms with van der Waals surface area (Å²) in [5, 5.41) is 19.2. The fraction of sp³-hybridized carbons (Fsp3) is 0.435. The zero-order valence-corrected chi connectivity index (χ0v) is 18.3. The number of aliphatic hydroxyl groups excluding tert-OH is 2. The number of imidazole rings is 1. The SMILES string of the molecule is CN(Cc1ccc(OCCOCCO)cc1)CC(O)Cn1c(C(F)(F)F)nc2ccccc21. The third-order valence-electron chi connectivity index (χ3n) is 4.93. The first-order valence-corrected chi connectivity index (χ1v) is 10.6. The number of nitrogens with zero attached hydrogens (tertiary/aromatic N) is 3. The van der Waals surface area contributed by atoms with Crippen LogP contribution in [-0.2, 0) is 24.0 Å². The third-order valence-corrected chi connectivity index (χ3v) is 4.93. The highest BCUT2D eigenvalue weighted by Gasteiger charge is 2.38. The maximum absolute atomic E-state index is 13.4. The number of aromatic nitrogens is 2. The number of alkyl halides is 3. The van der Waals surface area contributed by atoms with Gasteiger partial charge in [-0.25, -0.2) is 4.98 Å². The number of rotatable bonds is 12. The molecule has 0 aliphatic heterocycles. The predicted octanol–water partition coefficient (Wildman–Crippen LogP) is 2.94. The smallest absolute Gasteiger partial charge is 0.449 e. The highest BCUT2D eigenvalue weighted by Crippen LogP contribution is 2.31. The molecule has 0 amide bonds. The summed E-state index contributed by atoms with van der Waals surface area (Å²) >= 11 is 0. The lowest BCUT2D eigenvalue weighted by Gasteiger charge is -2.22. The number of ether oxygens (including phenoxy) is 2. The summed E-state index contributed by atoms with van der Waals surface area (Å²) in [6.45, 7) is 1.47. The minimum Gasteiger partial charge on any atom is -0.491 e. The molecule has 1 heterocycles. The van der Waals surface area contributed by atoms with Gasteiger partial charge in [0.25, 0.3) is 0 Å². The van der Waals surface area contributed by atoms with Crippen molar-refractivity contribution in [2.45, 2.75) is 25.4 Å². The fourth-order valence-corrected chi connectivity index (χ4v) is 3.56.